The van der Waals surface area contributed by atoms with Crippen LogP contribution in [0.15, 0.2) is 18.2 Å². The summed E-state index contributed by atoms with van der Waals surface area (Å²) in [5, 5.41) is 20.8. The second-order valence-electron chi connectivity index (χ2n) is 5.77. The number of phenols is 1. The molecule has 140 valence electrons. The van der Waals surface area contributed by atoms with Gasteiger partial charge in [0.15, 0.2) is 0 Å². The molecule has 0 heterocycles. The first kappa shape index (κ1) is 20.8. The summed E-state index contributed by atoms with van der Waals surface area (Å²) in [6.45, 7) is 4.32. The van der Waals surface area contributed by atoms with E-state index in [0.717, 1.165) is 18.9 Å². The summed E-state index contributed by atoms with van der Waals surface area (Å²) in [4.78, 5) is 22.6. The molecule has 0 aliphatic heterocycles. The van der Waals surface area contributed by atoms with E-state index in [1.54, 1.807) is 6.92 Å². The lowest BCUT2D eigenvalue weighted by Gasteiger charge is -2.15. The maximum absolute atomic E-state index is 11.7. The highest BCUT2D eigenvalue weighted by Gasteiger charge is 2.13. The number of carbonyl (C=O) groups is 2. The molecule has 0 radical (unpaired) electrons. The molecule has 1 unspecified atom stereocenters. The van der Waals surface area contributed by atoms with Gasteiger partial charge in [-0.2, -0.15) is 0 Å². The van der Waals surface area contributed by atoms with Crippen LogP contribution in [0.25, 0.3) is 0 Å². The van der Waals surface area contributed by atoms with Gasteiger partial charge in [-0.3, -0.25) is 5.32 Å². The number of nitrogens with one attached hydrogen (secondary N) is 1. The van der Waals surface area contributed by atoms with Crippen molar-refractivity contribution < 1.29 is 29.3 Å². The van der Waals surface area contributed by atoms with Crippen LogP contribution < -0.4 is 5.32 Å². The Morgan fingerprint density at radius 2 is 1.84 bits per heavy atom. The predicted molar refractivity (Wildman–Crippen MR) is 94.0 cm³/mol. The molecule has 0 aromatic heterocycles. The van der Waals surface area contributed by atoms with Gasteiger partial charge in [0.05, 0.1) is 6.61 Å². The van der Waals surface area contributed by atoms with Gasteiger partial charge in [-0.1, -0.05) is 39.0 Å². The molecular formula is C18H27NO6. The number of rotatable bonds is 11. The third kappa shape index (κ3) is 8.39. The van der Waals surface area contributed by atoms with E-state index in [-0.39, 0.29) is 11.3 Å². The first-order valence-electron chi connectivity index (χ1n) is 8.59. The molecule has 25 heavy (non-hydrogen) atoms. The Balaban J connectivity index is 2.27. The lowest BCUT2D eigenvalue weighted by atomic mass is 10.1. The smallest absolute Gasteiger partial charge is 0.413 e. The lowest BCUT2D eigenvalue weighted by Crippen LogP contribution is -2.22. The fourth-order valence-corrected chi connectivity index (χ4v) is 2.25. The molecule has 0 bridgehead atoms. The van der Waals surface area contributed by atoms with Gasteiger partial charge in [0.2, 0.25) is 6.29 Å². The predicted octanol–water partition coefficient (Wildman–Crippen LogP) is 4.36. The quantitative estimate of drug-likeness (QED) is 0.403. The largest absolute Gasteiger partial charge is 0.507 e. The normalized spacial score (nSPS) is 11.8. The molecular weight excluding hydrogens is 326 g/mol. The zero-order chi connectivity index (χ0) is 18.7. The van der Waals surface area contributed by atoms with Crippen molar-refractivity contribution in [1.29, 1.82) is 0 Å². The van der Waals surface area contributed by atoms with Gasteiger partial charge in [-0.05, 0) is 25.5 Å². The third-order valence-electron chi connectivity index (χ3n) is 3.60. The highest BCUT2D eigenvalue weighted by atomic mass is 16.7. The zero-order valence-corrected chi connectivity index (χ0v) is 14.8. The van der Waals surface area contributed by atoms with Crippen molar-refractivity contribution in [2.75, 3.05) is 11.9 Å². The maximum atomic E-state index is 11.7. The van der Waals surface area contributed by atoms with Crippen LogP contribution in [0.2, 0.25) is 0 Å². The van der Waals surface area contributed by atoms with E-state index in [0.29, 0.717) is 6.61 Å². The molecule has 3 N–H and O–H groups in total. The highest BCUT2D eigenvalue weighted by molar-refractivity contribution is 5.92. The Bertz CT molecular complexity index is 560. The van der Waals surface area contributed by atoms with Crippen LogP contribution in [0.3, 0.4) is 0 Å². The van der Waals surface area contributed by atoms with Crippen LogP contribution in [0.5, 0.6) is 5.75 Å². The van der Waals surface area contributed by atoms with Crippen molar-refractivity contribution >= 4 is 17.7 Å². The van der Waals surface area contributed by atoms with Crippen LogP contribution in [0.4, 0.5) is 10.5 Å². The average Bonchev–Trinajstić information content (AvgIpc) is 2.53. The summed E-state index contributed by atoms with van der Waals surface area (Å²) in [7, 11) is 0. The lowest BCUT2D eigenvalue weighted by molar-refractivity contribution is -0.0881. The molecule has 0 aliphatic rings. The monoisotopic (exact) mass is 353 g/mol. The van der Waals surface area contributed by atoms with E-state index in [4.69, 9.17) is 14.6 Å². The number of unbranched alkanes of at least 4 members (excludes halogenated alkanes) is 5. The Hall–Kier alpha value is -2.28. The van der Waals surface area contributed by atoms with Crippen LogP contribution in [-0.2, 0) is 9.47 Å². The van der Waals surface area contributed by atoms with Crippen molar-refractivity contribution in [3.63, 3.8) is 0 Å². The van der Waals surface area contributed by atoms with Gasteiger partial charge in [-0.15, -0.1) is 0 Å². The first-order chi connectivity index (χ1) is 11.9. The van der Waals surface area contributed by atoms with E-state index in [1.165, 1.54) is 37.8 Å². The summed E-state index contributed by atoms with van der Waals surface area (Å²) >= 11 is 0. The van der Waals surface area contributed by atoms with E-state index in [2.05, 4.69) is 12.2 Å². The van der Waals surface area contributed by atoms with Crippen molar-refractivity contribution in [1.82, 2.24) is 0 Å². The van der Waals surface area contributed by atoms with Crippen LogP contribution in [0, 0.1) is 0 Å². The number of hydrogen-bond acceptors (Lipinski definition) is 5. The number of anilines is 1. The molecule has 7 heteroatoms. The fraction of sp³-hybridized carbons (Fsp3) is 0.556. The van der Waals surface area contributed by atoms with Crippen LogP contribution in [0.1, 0.15) is 62.7 Å². The van der Waals surface area contributed by atoms with Gasteiger partial charge < -0.3 is 19.7 Å². The number of carboxylic acids is 1. The Morgan fingerprint density at radius 1 is 1.16 bits per heavy atom. The fourth-order valence-electron chi connectivity index (χ4n) is 2.25. The number of aromatic carboxylic acids is 1. The van der Waals surface area contributed by atoms with Gasteiger partial charge >= 0.3 is 12.1 Å². The number of carboxylic acid groups (broad SMARTS) is 1. The maximum Gasteiger partial charge on any atom is 0.413 e. The summed E-state index contributed by atoms with van der Waals surface area (Å²) in [5.74, 6) is -1.68. The molecule has 1 rings (SSSR count). The molecule has 0 spiro atoms. The minimum Gasteiger partial charge on any atom is -0.507 e. The average molecular weight is 353 g/mol. The minimum absolute atomic E-state index is 0.232. The van der Waals surface area contributed by atoms with Gasteiger partial charge in [0.25, 0.3) is 0 Å². The molecule has 7 nitrogen and oxygen atoms in total. The first-order valence-corrected chi connectivity index (χ1v) is 8.59. The summed E-state index contributed by atoms with van der Waals surface area (Å²) in [5.41, 5.74) is -0.00909. The summed E-state index contributed by atoms with van der Waals surface area (Å²) in [6, 6.07) is 3.71. The number of aromatic hydroxyl groups is 1. The van der Waals surface area contributed by atoms with E-state index in [1.807, 2.05) is 0 Å². The van der Waals surface area contributed by atoms with Crippen LogP contribution >= 0.6 is 0 Å². The topological polar surface area (TPSA) is 105 Å². The molecule has 0 saturated carbocycles. The van der Waals surface area contributed by atoms with Crippen molar-refractivity contribution in [2.24, 2.45) is 0 Å². The summed E-state index contributed by atoms with van der Waals surface area (Å²) in [6.07, 6.45) is 5.47. The number of hydrogen-bond donors (Lipinski definition) is 3. The van der Waals surface area contributed by atoms with Gasteiger partial charge in [-0.25, -0.2) is 9.59 Å². The number of amides is 1. The number of ether oxygens (including phenoxy) is 2. The Kier molecular flexibility index (Phi) is 9.39. The van der Waals surface area contributed by atoms with E-state index in [9.17, 15) is 14.7 Å². The van der Waals surface area contributed by atoms with Crippen molar-refractivity contribution in [3.8, 4) is 5.75 Å². The van der Waals surface area contributed by atoms with Gasteiger partial charge in [0.1, 0.15) is 11.3 Å². The van der Waals surface area contributed by atoms with E-state index < -0.39 is 24.1 Å². The molecule has 1 atom stereocenters. The molecule has 0 fully saturated rings. The van der Waals surface area contributed by atoms with Crippen molar-refractivity contribution in [2.45, 2.75) is 58.7 Å². The van der Waals surface area contributed by atoms with Crippen LogP contribution in [-0.4, -0.2) is 35.2 Å². The van der Waals surface area contributed by atoms with Gasteiger partial charge in [0, 0.05) is 11.8 Å². The number of benzene rings is 1. The van der Waals surface area contributed by atoms with Crippen molar-refractivity contribution in [3.05, 3.63) is 23.8 Å². The standard InChI is InChI=1S/C18H27NO6/c1-3-4-5-6-7-8-11-24-13(2)25-18(23)19-14-9-10-15(17(21)22)16(20)12-14/h9-10,12-13,20H,3-8,11H2,1-2H3,(H,19,23)(H,21,22). The molecule has 1 aromatic carbocycles. The molecule has 0 aliphatic carbocycles. The van der Waals surface area contributed by atoms with E-state index >= 15 is 0 Å². The zero-order valence-electron chi connectivity index (χ0n) is 14.8. The Morgan fingerprint density at radius 3 is 2.48 bits per heavy atom. The highest BCUT2D eigenvalue weighted by Crippen LogP contribution is 2.22. The Labute approximate surface area is 147 Å². The SMILES string of the molecule is CCCCCCCCOC(C)OC(=O)Nc1ccc(C(=O)O)c(O)c1. The molecule has 1 amide bonds. The summed E-state index contributed by atoms with van der Waals surface area (Å²) < 4.78 is 10.5. The number of carbonyl (C=O) groups excluding carboxylic acids is 1. The third-order valence-corrected chi connectivity index (χ3v) is 3.60. The molecule has 1 aromatic rings. The molecule has 0 saturated heterocycles. The minimum atomic E-state index is -1.25. The second kappa shape index (κ2) is 11.3. The second-order valence-corrected chi connectivity index (χ2v) is 5.77.